The van der Waals surface area contributed by atoms with E-state index in [9.17, 15) is 10.2 Å². The molecule has 1 aromatic carbocycles. The fourth-order valence-electron chi connectivity index (χ4n) is 1.30. The molecular weight excluding hydrogens is 168 g/mol. The third-order valence-electron chi connectivity index (χ3n) is 2.20. The van der Waals surface area contributed by atoms with Crippen LogP contribution in [0.25, 0.3) is 0 Å². The molecule has 3 nitrogen and oxygen atoms in total. The topological polar surface area (TPSA) is 53.0 Å². The van der Waals surface area contributed by atoms with Crippen LogP contribution in [0.3, 0.4) is 0 Å². The number of ether oxygens (including phenoxy) is 1. The molecule has 13 heavy (non-hydrogen) atoms. The Bertz CT molecular complexity index is 269. The van der Waals surface area contributed by atoms with Crippen LogP contribution in [0, 0.1) is 0 Å². The Morgan fingerprint density at radius 2 is 1.85 bits per heavy atom. The molecule has 1 fully saturated rings. The molecule has 0 aromatic heterocycles. The van der Waals surface area contributed by atoms with Gasteiger partial charge in [0.1, 0.15) is 18.3 Å². The van der Waals surface area contributed by atoms with Crippen molar-refractivity contribution in [2.75, 3.05) is 6.61 Å². The molecule has 3 atom stereocenters. The molecule has 3 heteroatoms. The van der Waals surface area contributed by atoms with Gasteiger partial charge in [0.15, 0.2) is 0 Å². The Labute approximate surface area is 76.6 Å². The molecule has 70 valence electrons. The second-order valence-electron chi connectivity index (χ2n) is 3.22. The number of hydrogen-bond donors (Lipinski definition) is 2. The van der Waals surface area contributed by atoms with Gasteiger partial charge in [0.05, 0.1) is 6.61 Å². The predicted molar refractivity (Wildman–Crippen MR) is 47.1 cm³/mol. The van der Waals surface area contributed by atoms with Crippen LogP contribution >= 0.6 is 0 Å². The first kappa shape index (κ1) is 8.69. The van der Waals surface area contributed by atoms with Crippen molar-refractivity contribution in [1.29, 1.82) is 0 Å². The molecule has 0 bridgehead atoms. The van der Waals surface area contributed by atoms with E-state index in [4.69, 9.17) is 4.74 Å². The molecule has 0 saturated carbocycles. The zero-order valence-corrected chi connectivity index (χ0v) is 7.13. The van der Waals surface area contributed by atoms with E-state index in [0.717, 1.165) is 5.56 Å². The fraction of sp³-hybridized carbons (Fsp3) is 0.400. The van der Waals surface area contributed by atoms with Gasteiger partial charge in [0.2, 0.25) is 0 Å². The largest absolute Gasteiger partial charge is 0.387 e. The molecular formula is C10H12O3. The number of aliphatic hydroxyl groups excluding tert-OH is 2. The van der Waals surface area contributed by atoms with Gasteiger partial charge in [-0.05, 0) is 5.56 Å². The highest BCUT2D eigenvalue weighted by atomic mass is 16.6. The van der Waals surface area contributed by atoms with Crippen LogP contribution in [0.2, 0.25) is 0 Å². The van der Waals surface area contributed by atoms with Crippen LogP contribution in [0.5, 0.6) is 0 Å². The number of aliphatic hydroxyl groups is 2. The van der Waals surface area contributed by atoms with Gasteiger partial charge in [-0.3, -0.25) is 0 Å². The number of rotatable bonds is 3. The fourth-order valence-corrected chi connectivity index (χ4v) is 1.30. The van der Waals surface area contributed by atoms with Crippen molar-refractivity contribution in [1.82, 2.24) is 0 Å². The van der Waals surface area contributed by atoms with Crippen molar-refractivity contribution in [2.24, 2.45) is 0 Å². The Morgan fingerprint density at radius 1 is 1.23 bits per heavy atom. The summed E-state index contributed by atoms with van der Waals surface area (Å²) in [6, 6.07) is 9.11. The van der Waals surface area contributed by atoms with Gasteiger partial charge in [0, 0.05) is 0 Å². The Hall–Kier alpha value is -0.900. The van der Waals surface area contributed by atoms with Crippen molar-refractivity contribution >= 4 is 0 Å². The third-order valence-corrected chi connectivity index (χ3v) is 2.20. The molecule has 0 spiro atoms. The lowest BCUT2D eigenvalue weighted by atomic mass is 10.0. The summed E-state index contributed by atoms with van der Waals surface area (Å²) in [5.41, 5.74) is 0.727. The number of hydrogen-bond acceptors (Lipinski definition) is 3. The molecule has 0 amide bonds. The van der Waals surface area contributed by atoms with E-state index in [2.05, 4.69) is 0 Å². The van der Waals surface area contributed by atoms with Crippen LogP contribution in [-0.2, 0) is 4.74 Å². The predicted octanol–water partition coefficient (Wildman–Crippen LogP) is 0.480. The van der Waals surface area contributed by atoms with E-state index < -0.39 is 12.2 Å². The van der Waals surface area contributed by atoms with E-state index >= 15 is 0 Å². The van der Waals surface area contributed by atoms with Gasteiger partial charge in [-0.2, -0.15) is 0 Å². The van der Waals surface area contributed by atoms with E-state index in [1.165, 1.54) is 0 Å². The highest BCUT2D eigenvalue weighted by Gasteiger charge is 2.36. The minimum absolute atomic E-state index is 0.185. The smallest absolute Gasteiger partial charge is 0.112 e. The lowest BCUT2D eigenvalue weighted by Crippen LogP contribution is -2.23. The van der Waals surface area contributed by atoms with Crippen molar-refractivity contribution in [3.63, 3.8) is 0 Å². The van der Waals surface area contributed by atoms with Crippen LogP contribution in [0.4, 0.5) is 0 Å². The monoisotopic (exact) mass is 180 g/mol. The molecule has 1 aliphatic rings. The van der Waals surface area contributed by atoms with Crippen molar-refractivity contribution in [2.45, 2.75) is 18.3 Å². The van der Waals surface area contributed by atoms with Crippen molar-refractivity contribution < 1.29 is 14.9 Å². The summed E-state index contributed by atoms with van der Waals surface area (Å²) >= 11 is 0. The summed E-state index contributed by atoms with van der Waals surface area (Å²) in [5, 5.41) is 19.2. The van der Waals surface area contributed by atoms with Crippen LogP contribution in [0.1, 0.15) is 11.7 Å². The van der Waals surface area contributed by atoms with Gasteiger partial charge in [-0.15, -0.1) is 0 Å². The highest BCUT2D eigenvalue weighted by Crippen LogP contribution is 2.25. The summed E-state index contributed by atoms with van der Waals surface area (Å²) in [5.74, 6) is 0. The molecule has 1 saturated heterocycles. The van der Waals surface area contributed by atoms with Gasteiger partial charge in [0.25, 0.3) is 0 Å². The third kappa shape index (κ3) is 1.88. The minimum atomic E-state index is -0.839. The van der Waals surface area contributed by atoms with Crippen LogP contribution in [0.15, 0.2) is 30.3 Å². The van der Waals surface area contributed by atoms with E-state index in [-0.39, 0.29) is 6.10 Å². The highest BCUT2D eigenvalue weighted by molar-refractivity contribution is 5.19. The normalized spacial score (nSPS) is 25.2. The van der Waals surface area contributed by atoms with Gasteiger partial charge < -0.3 is 14.9 Å². The van der Waals surface area contributed by atoms with E-state index in [1.54, 1.807) is 12.1 Å². The summed E-state index contributed by atoms with van der Waals surface area (Å²) in [7, 11) is 0. The second-order valence-corrected chi connectivity index (χ2v) is 3.22. The molecule has 1 aliphatic heterocycles. The van der Waals surface area contributed by atoms with E-state index in [1.807, 2.05) is 18.2 Å². The first-order valence-electron chi connectivity index (χ1n) is 4.32. The number of epoxide rings is 1. The maximum Gasteiger partial charge on any atom is 0.112 e. The lowest BCUT2D eigenvalue weighted by molar-refractivity contribution is 0.00162. The van der Waals surface area contributed by atoms with Crippen molar-refractivity contribution in [3.05, 3.63) is 35.9 Å². The Morgan fingerprint density at radius 3 is 2.38 bits per heavy atom. The molecule has 1 heterocycles. The summed E-state index contributed by atoms with van der Waals surface area (Å²) in [6.07, 6.45) is -1.83. The zero-order chi connectivity index (χ0) is 9.26. The summed E-state index contributed by atoms with van der Waals surface area (Å²) in [6.45, 7) is 0.547. The SMILES string of the molecule is OC(c1ccccc1)C(O)C1CO1. The Balaban J connectivity index is 2.07. The summed E-state index contributed by atoms with van der Waals surface area (Å²) < 4.78 is 4.90. The van der Waals surface area contributed by atoms with E-state index in [0.29, 0.717) is 6.61 Å². The van der Waals surface area contributed by atoms with Crippen LogP contribution in [-0.4, -0.2) is 29.0 Å². The molecule has 3 unspecified atom stereocenters. The second kappa shape index (κ2) is 3.46. The summed E-state index contributed by atoms with van der Waals surface area (Å²) in [4.78, 5) is 0. The molecule has 0 radical (unpaired) electrons. The molecule has 1 aromatic rings. The maximum absolute atomic E-state index is 9.67. The quantitative estimate of drug-likeness (QED) is 0.665. The molecule has 0 aliphatic carbocycles. The van der Waals surface area contributed by atoms with Gasteiger partial charge in [-0.25, -0.2) is 0 Å². The zero-order valence-electron chi connectivity index (χ0n) is 7.13. The minimum Gasteiger partial charge on any atom is -0.387 e. The van der Waals surface area contributed by atoms with Crippen molar-refractivity contribution in [3.8, 4) is 0 Å². The average molecular weight is 180 g/mol. The Kier molecular flexibility index (Phi) is 2.31. The lowest BCUT2D eigenvalue weighted by Gasteiger charge is -2.15. The first-order chi connectivity index (χ1) is 6.29. The molecule has 2 N–H and O–H groups in total. The van der Waals surface area contributed by atoms with Gasteiger partial charge >= 0.3 is 0 Å². The molecule has 2 rings (SSSR count). The number of benzene rings is 1. The van der Waals surface area contributed by atoms with Gasteiger partial charge in [-0.1, -0.05) is 30.3 Å². The average Bonchev–Trinajstić information content (AvgIpc) is 3.00. The standard InChI is InChI=1S/C10H12O3/c11-9(10(12)8-6-13-8)7-4-2-1-3-5-7/h1-5,8-12H,6H2. The maximum atomic E-state index is 9.67. The first-order valence-corrected chi connectivity index (χ1v) is 4.32. The van der Waals surface area contributed by atoms with Crippen LogP contribution < -0.4 is 0 Å².